The summed E-state index contributed by atoms with van der Waals surface area (Å²) in [5, 5.41) is 9.29. The van der Waals surface area contributed by atoms with Crippen molar-refractivity contribution >= 4 is 12.1 Å². The molecule has 1 unspecified atom stereocenters. The third-order valence-electron chi connectivity index (χ3n) is 3.70. The second-order valence-electron chi connectivity index (χ2n) is 5.07. The number of ether oxygens (including phenoxy) is 2. The maximum absolute atomic E-state index is 12.1. The molecule has 1 aliphatic rings. The van der Waals surface area contributed by atoms with Gasteiger partial charge in [0.25, 0.3) is 0 Å². The molecule has 1 atom stereocenters. The highest BCUT2D eigenvalue weighted by Crippen LogP contribution is 2.25. The highest BCUT2D eigenvalue weighted by molar-refractivity contribution is 5.79. The molecule has 6 nitrogen and oxygen atoms in total. The van der Waals surface area contributed by atoms with Crippen LogP contribution in [0.15, 0.2) is 30.3 Å². The average Bonchev–Trinajstić information content (AvgIpc) is 2.53. The SMILES string of the molecule is COC1(C(=O)O)CCCN(C(=O)OCc2ccccc2)C1. The minimum atomic E-state index is -1.33. The first-order chi connectivity index (χ1) is 10.1. The van der Waals surface area contributed by atoms with Crippen molar-refractivity contribution in [2.75, 3.05) is 20.2 Å². The van der Waals surface area contributed by atoms with Crippen LogP contribution in [0.2, 0.25) is 0 Å². The van der Waals surface area contributed by atoms with Gasteiger partial charge in [-0.1, -0.05) is 30.3 Å². The number of carbonyl (C=O) groups excluding carboxylic acids is 1. The van der Waals surface area contributed by atoms with E-state index in [1.54, 1.807) is 0 Å². The van der Waals surface area contributed by atoms with Crippen molar-refractivity contribution < 1.29 is 24.2 Å². The highest BCUT2D eigenvalue weighted by atomic mass is 16.6. The Labute approximate surface area is 123 Å². The Morgan fingerprint density at radius 1 is 1.33 bits per heavy atom. The number of carbonyl (C=O) groups is 2. The van der Waals surface area contributed by atoms with Crippen molar-refractivity contribution in [2.45, 2.75) is 25.0 Å². The molecule has 2 rings (SSSR count). The Kier molecular flexibility index (Phi) is 4.80. The molecule has 1 aromatic carbocycles. The van der Waals surface area contributed by atoms with Gasteiger partial charge in [0, 0.05) is 13.7 Å². The van der Waals surface area contributed by atoms with Gasteiger partial charge in [-0.15, -0.1) is 0 Å². The molecule has 1 aliphatic heterocycles. The molecule has 0 aromatic heterocycles. The van der Waals surface area contributed by atoms with E-state index in [1.807, 2.05) is 30.3 Å². The van der Waals surface area contributed by atoms with Crippen LogP contribution in [-0.4, -0.2) is 47.9 Å². The number of nitrogens with zero attached hydrogens (tertiary/aromatic N) is 1. The summed E-state index contributed by atoms with van der Waals surface area (Å²) in [6.45, 7) is 0.654. The Balaban J connectivity index is 1.94. The summed E-state index contributed by atoms with van der Waals surface area (Å²) in [6, 6.07) is 9.34. The largest absolute Gasteiger partial charge is 0.479 e. The maximum atomic E-state index is 12.1. The van der Waals surface area contributed by atoms with E-state index in [-0.39, 0.29) is 13.2 Å². The Hall–Kier alpha value is -2.08. The summed E-state index contributed by atoms with van der Waals surface area (Å²) in [6.07, 6.45) is 0.447. The van der Waals surface area contributed by atoms with Crippen LogP contribution in [0.3, 0.4) is 0 Å². The molecule has 21 heavy (non-hydrogen) atoms. The number of methoxy groups -OCH3 is 1. The molecule has 1 aromatic rings. The number of carboxylic acid groups (broad SMARTS) is 1. The Bertz CT molecular complexity index is 504. The lowest BCUT2D eigenvalue weighted by molar-refractivity contribution is -0.168. The zero-order chi connectivity index (χ0) is 15.3. The van der Waals surface area contributed by atoms with Crippen molar-refractivity contribution in [1.82, 2.24) is 4.90 Å². The van der Waals surface area contributed by atoms with Gasteiger partial charge in [0.15, 0.2) is 5.60 Å². The molecule has 6 heteroatoms. The zero-order valence-corrected chi connectivity index (χ0v) is 11.9. The number of hydrogen-bond donors (Lipinski definition) is 1. The molecule has 0 aliphatic carbocycles. The number of aliphatic carboxylic acids is 1. The average molecular weight is 293 g/mol. The van der Waals surface area contributed by atoms with Crippen LogP contribution < -0.4 is 0 Å². The molecule has 1 N–H and O–H groups in total. The molecule has 1 heterocycles. The smallest absolute Gasteiger partial charge is 0.410 e. The minimum Gasteiger partial charge on any atom is -0.479 e. The van der Waals surface area contributed by atoms with Crippen molar-refractivity contribution in [1.29, 1.82) is 0 Å². The molecule has 0 saturated carbocycles. The first-order valence-electron chi connectivity index (χ1n) is 6.81. The van der Waals surface area contributed by atoms with Gasteiger partial charge in [-0.3, -0.25) is 0 Å². The third kappa shape index (κ3) is 3.52. The second-order valence-corrected chi connectivity index (χ2v) is 5.07. The van der Waals surface area contributed by atoms with Crippen LogP contribution in [0.25, 0.3) is 0 Å². The normalized spacial score (nSPS) is 21.9. The van der Waals surface area contributed by atoms with E-state index in [4.69, 9.17) is 9.47 Å². The summed E-state index contributed by atoms with van der Waals surface area (Å²) in [5.74, 6) is -1.05. The molecule has 1 amide bonds. The highest BCUT2D eigenvalue weighted by Gasteiger charge is 2.44. The van der Waals surface area contributed by atoms with Crippen LogP contribution in [0.1, 0.15) is 18.4 Å². The van der Waals surface area contributed by atoms with Crippen molar-refractivity contribution in [3.63, 3.8) is 0 Å². The summed E-state index contributed by atoms with van der Waals surface area (Å²) < 4.78 is 10.4. The molecule has 0 radical (unpaired) electrons. The number of carboxylic acids is 1. The lowest BCUT2D eigenvalue weighted by Gasteiger charge is -2.38. The zero-order valence-electron chi connectivity index (χ0n) is 11.9. The van der Waals surface area contributed by atoms with E-state index in [0.717, 1.165) is 5.56 Å². The summed E-state index contributed by atoms with van der Waals surface area (Å²) in [5.41, 5.74) is -0.441. The third-order valence-corrected chi connectivity index (χ3v) is 3.70. The topological polar surface area (TPSA) is 76.1 Å². The van der Waals surface area contributed by atoms with E-state index >= 15 is 0 Å². The van der Waals surface area contributed by atoms with Gasteiger partial charge in [-0.25, -0.2) is 9.59 Å². The lowest BCUT2D eigenvalue weighted by atomic mass is 9.93. The maximum Gasteiger partial charge on any atom is 0.410 e. The number of rotatable bonds is 4. The quantitative estimate of drug-likeness (QED) is 0.917. The van der Waals surface area contributed by atoms with Gasteiger partial charge in [0.2, 0.25) is 0 Å². The molecule has 1 fully saturated rings. The fraction of sp³-hybridized carbons (Fsp3) is 0.467. The predicted octanol–water partition coefficient (Wildman–Crippen LogP) is 1.89. The van der Waals surface area contributed by atoms with Crippen LogP contribution in [0.4, 0.5) is 4.79 Å². The van der Waals surface area contributed by atoms with E-state index in [9.17, 15) is 14.7 Å². The number of likely N-dealkylation sites (tertiary alicyclic amines) is 1. The van der Waals surface area contributed by atoms with Gasteiger partial charge in [-0.05, 0) is 18.4 Å². The van der Waals surface area contributed by atoms with Crippen molar-refractivity contribution in [2.24, 2.45) is 0 Å². The van der Waals surface area contributed by atoms with Gasteiger partial charge >= 0.3 is 12.1 Å². The number of benzene rings is 1. The number of piperidine rings is 1. The van der Waals surface area contributed by atoms with E-state index < -0.39 is 17.7 Å². The van der Waals surface area contributed by atoms with Crippen LogP contribution in [0, 0.1) is 0 Å². The van der Waals surface area contributed by atoms with Crippen molar-refractivity contribution in [3.8, 4) is 0 Å². The lowest BCUT2D eigenvalue weighted by Crippen LogP contribution is -2.55. The summed E-state index contributed by atoms with van der Waals surface area (Å²) in [7, 11) is 1.35. The number of amides is 1. The predicted molar refractivity (Wildman–Crippen MR) is 74.8 cm³/mol. The molecule has 0 bridgehead atoms. The molecule has 114 valence electrons. The molecule has 0 spiro atoms. The fourth-order valence-corrected chi connectivity index (χ4v) is 2.42. The molecular formula is C15H19NO5. The van der Waals surface area contributed by atoms with Crippen molar-refractivity contribution in [3.05, 3.63) is 35.9 Å². The first kappa shape index (κ1) is 15.3. The standard InChI is InChI=1S/C15H19NO5/c1-20-15(13(17)18)8-5-9-16(11-15)14(19)21-10-12-6-3-2-4-7-12/h2-4,6-7H,5,8-11H2,1H3,(H,17,18). The summed E-state index contributed by atoms with van der Waals surface area (Å²) in [4.78, 5) is 24.8. The fourth-order valence-electron chi connectivity index (χ4n) is 2.42. The first-order valence-corrected chi connectivity index (χ1v) is 6.81. The van der Waals surface area contributed by atoms with Crippen LogP contribution in [-0.2, 0) is 20.9 Å². The Morgan fingerprint density at radius 3 is 2.67 bits per heavy atom. The van der Waals surface area contributed by atoms with Crippen LogP contribution >= 0.6 is 0 Å². The van der Waals surface area contributed by atoms with Gasteiger partial charge in [-0.2, -0.15) is 0 Å². The van der Waals surface area contributed by atoms with Gasteiger partial charge < -0.3 is 19.5 Å². The monoisotopic (exact) mass is 293 g/mol. The number of hydrogen-bond acceptors (Lipinski definition) is 4. The minimum absolute atomic E-state index is 0.00641. The van der Waals surface area contributed by atoms with E-state index in [2.05, 4.69) is 0 Å². The van der Waals surface area contributed by atoms with E-state index in [0.29, 0.717) is 19.4 Å². The Morgan fingerprint density at radius 2 is 2.05 bits per heavy atom. The second kappa shape index (κ2) is 6.58. The molecule has 1 saturated heterocycles. The van der Waals surface area contributed by atoms with Gasteiger partial charge in [0.05, 0.1) is 6.54 Å². The van der Waals surface area contributed by atoms with Gasteiger partial charge in [0.1, 0.15) is 6.61 Å². The summed E-state index contributed by atoms with van der Waals surface area (Å²) >= 11 is 0. The van der Waals surface area contributed by atoms with E-state index in [1.165, 1.54) is 12.0 Å². The molecular weight excluding hydrogens is 274 g/mol. The van der Waals surface area contributed by atoms with Crippen LogP contribution in [0.5, 0.6) is 0 Å².